The smallest absolute Gasteiger partial charge is 0.220 e. The molecule has 0 saturated carbocycles. The van der Waals surface area contributed by atoms with Gasteiger partial charge in [-0.05, 0) is 51.4 Å². The van der Waals surface area contributed by atoms with Crippen LogP contribution in [0.4, 0.5) is 0 Å². The van der Waals surface area contributed by atoms with Gasteiger partial charge in [0.1, 0.15) is 0 Å². The number of nitrogens with one attached hydrogen (secondary N) is 1. The molecule has 0 aliphatic heterocycles. The Morgan fingerprint density at radius 1 is 0.490 bits per heavy atom. The molecule has 0 radical (unpaired) electrons. The van der Waals surface area contributed by atoms with Crippen molar-refractivity contribution in [3.63, 3.8) is 0 Å². The summed E-state index contributed by atoms with van der Waals surface area (Å²) in [4.78, 5) is 12.3. The first-order valence-corrected chi connectivity index (χ1v) is 21.7. The van der Waals surface area contributed by atoms with Crippen molar-refractivity contribution in [2.24, 2.45) is 0 Å². The van der Waals surface area contributed by atoms with Crippen LogP contribution in [-0.2, 0) is 4.79 Å². The average molecular weight is 688 g/mol. The number of hydrogen-bond acceptors (Lipinski definition) is 3. The fraction of sp³-hybridized carbons (Fsp3) is 0.844. The first-order valence-electron chi connectivity index (χ1n) is 21.7. The fourth-order valence-electron chi connectivity index (χ4n) is 6.50. The molecule has 0 heterocycles. The van der Waals surface area contributed by atoms with Crippen molar-refractivity contribution in [1.29, 1.82) is 0 Å². The van der Waals surface area contributed by atoms with Crippen molar-refractivity contribution in [2.75, 3.05) is 6.61 Å². The van der Waals surface area contributed by atoms with Gasteiger partial charge in [-0.25, -0.2) is 0 Å². The summed E-state index contributed by atoms with van der Waals surface area (Å²) in [5.41, 5.74) is 0. The monoisotopic (exact) mass is 688 g/mol. The molecule has 4 heteroatoms. The Bertz CT molecular complexity index is 746. The molecule has 0 aliphatic carbocycles. The SMILES string of the molecule is CCCCCCC/C=C\C/C=C\CCCCCCCCCCCCCCCCCCCC(=O)NC(CO)C(O)/C=C/CCCCCCCC. The van der Waals surface area contributed by atoms with E-state index in [1.807, 2.05) is 6.08 Å². The Morgan fingerprint density at radius 2 is 0.837 bits per heavy atom. The Kier molecular flexibility index (Phi) is 39.9. The van der Waals surface area contributed by atoms with Gasteiger partial charge in [-0.3, -0.25) is 4.79 Å². The topological polar surface area (TPSA) is 69.6 Å². The summed E-state index contributed by atoms with van der Waals surface area (Å²) < 4.78 is 0. The Balaban J connectivity index is 3.43. The Morgan fingerprint density at radius 3 is 1.22 bits per heavy atom. The van der Waals surface area contributed by atoms with E-state index in [9.17, 15) is 15.0 Å². The summed E-state index contributed by atoms with van der Waals surface area (Å²) >= 11 is 0. The average Bonchev–Trinajstić information content (AvgIpc) is 3.10. The van der Waals surface area contributed by atoms with E-state index in [4.69, 9.17) is 0 Å². The van der Waals surface area contributed by atoms with Crippen LogP contribution in [0.5, 0.6) is 0 Å². The minimum Gasteiger partial charge on any atom is -0.394 e. The van der Waals surface area contributed by atoms with Crippen LogP contribution in [0.3, 0.4) is 0 Å². The summed E-state index contributed by atoms with van der Waals surface area (Å²) in [5.74, 6) is -0.0664. The lowest BCUT2D eigenvalue weighted by atomic mass is 10.0. The number of rotatable bonds is 39. The highest BCUT2D eigenvalue weighted by Crippen LogP contribution is 2.15. The maximum Gasteiger partial charge on any atom is 0.220 e. The maximum absolute atomic E-state index is 12.3. The third-order valence-electron chi connectivity index (χ3n) is 9.87. The second-order valence-corrected chi connectivity index (χ2v) is 14.8. The largest absolute Gasteiger partial charge is 0.394 e. The molecule has 0 aromatic carbocycles. The van der Waals surface area contributed by atoms with E-state index in [1.165, 1.54) is 173 Å². The number of amides is 1. The number of aliphatic hydroxyl groups excluding tert-OH is 2. The van der Waals surface area contributed by atoms with Crippen LogP contribution in [0.1, 0.15) is 226 Å². The molecule has 0 saturated heterocycles. The number of allylic oxidation sites excluding steroid dienone is 5. The van der Waals surface area contributed by atoms with Gasteiger partial charge in [-0.1, -0.05) is 204 Å². The van der Waals surface area contributed by atoms with Crippen molar-refractivity contribution < 1.29 is 15.0 Å². The van der Waals surface area contributed by atoms with Gasteiger partial charge in [-0.2, -0.15) is 0 Å². The third kappa shape index (κ3) is 37.7. The normalized spacial score (nSPS) is 13.3. The van der Waals surface area contributed by atoms with Crippen LogP contribution in [0, 0.1) is 0 Å². The van der Waals surface area contributed by atoms with Gasteiger partial charge in [0.15, 0.2) is 0 Å². The molecule has 0 bridgehead atoms. The highest BCUT2D eigenvalue weighted by Gasteiger charge is 2.17. The van der Waals surface area contributed by atoms with E-state index in [1.54, 1.807) is 6.08 Å². The van der Waals surface area contributed by atoms with E-state index < -0.39 is 12.1 Å². The molecule has 0 aliphatic rings. The maximum atomic E-state index is 12.3. The van der Waals surface area contributed by atoms with Crippen molar-refractivity contribution in [1.82, 2.24) is 5.32 Å². The third-order valence-corrected chi connectivity index (χ3v) is 9.87. The van der Waals surface area contributed by atoms with Gasteiger partial charge in [-0.15, -0.1) is 0 Å². The molecule has 288 valence electrons. The number of unbranched alkanes of at least 4 members (excludes halogenated alkanes) is 28. The minimum atomic E-state index is -0.834. The fourth-order valence-corrected chi connectivity index (χ4v) is 6.50. The van der Waals surface area contributed by atoms with E-state index in [2.05, 4.69) is 43.5 Å². The highest BCUT2D eigenvalue weighted by molar-refractivity contribution is 5.76. The molecular weight excluding hydrogens is 602 g/mol. The molecule has 49 heavy (non-hydrogen) atoms. The lowest BCUT2D eigenvalue weighted by molar-refractivity contribution is -0.123. The second kappa shape index (κ2) is 41.0. The molecular formula is C45H85NO3. The lowest BCUT2D eigenvalue weighted by Gasteiger charge is -2.20. The predicted molar refractivity (Wildman–Crippen MR) is 216 cm³/mol. The van der Waals surface area contributed by atoms with Crippen molar-refractivity contribution in [3.05, 3.63) is 36.5 Å². The zero-order valence-electron chi connectivity index (χ0n) is 33.0. The second-order valence-electron chi connectivity index (χ2n) is 14.8. The number of carbonyl (C=O) groups excluding carboxylic acids is 1. The molecule has 0 aromatic heterocycles. The van der Waals surface area contributed by atoms with Gasteiger partial charge in [0.05, 0.1) is 18.8 Å². The molecule has 0 rings (SSSR count). The zero-order chi connectivity index (χ0) is 35.7. The predicted octanol–water partition coefficient (Wildman–Crippen LogP) is 13.4. The summed E-state index contributed by atoms with van der Waals surface area (Å²) in [6.45, 7) is 4.26. The minimum absolute atomic E-state index is 0.0664. The van der Waals surface area contributed by atoms with Gasteiger partial charge >= 0.3 is 0 Å². The van der Waals surface area contributed by atoms with Gasteiger partial charge in [0.2, 0.25) is 5.91 Å². The summed E-state index contributed by atoms with van der Waals surface area (Å²) in [6, 6.07) is -0.617. The van der Waals surface area contributed by atoms with Crippen molar-refractivity contribution in [3.8, 4) is 0 Å². The molecule has 0 aromatic rings. The Labute approximate surface area is 306 Å². The van der Waals surface area contributed by atoms with Gasteiger partial charge < -0.3 is 15.5 Å². The Hall–Kier alpha value is -1.39. The molecule has 0 fully saturated rings. The van der Waals surface area contributed by atoms with Crippen LogP contribution in [0.2, 0.25) is 0 Å². The summed E-state index contributed by atoms with van der Waals surface area (Å²) in [6.07, 6.45) is 54.1. The van der Waals surface area contributed by atoms with Crippen LogP contribution < -0.4 is 5.32 Å². The van der Waals surface area contributed by atoms with Crippen molar-refractivity contribution in [2.45, 2.75) is 238 Å². The summed E-state index contributed by atoms with van der Waals surface area (Å²) in [5, 5.41) is 22.8. The van der Waals surface area contributed by atoms with Crippen LogP contribution in [0.25, 0.3) is 0 Å². The van der Waals surface area contributed by atoms with Crippen LogP contribution in [-0.4, -0.2) is 34.9 Å². The van der Waals surface area contributed by atoms with E-state index in [0.717, 1.165) is 32.1 Å². The quantitative estimate of drug-likeness (QED) is 0.0445. The van der Waals surface area contributed by atoms with Gasteiger partial charge in [0.25, 0.3) is 0 Å². The zero-order valence-corrected chi connectivity index (χ0v) is 33.0. The van der Waals surface area contributed by atoms with Crippen molar-refractivity contribution >= 4 is 5.91 Å². The van der Waals surface area contributed by atoms with E-state index >= 15 is 0 Å². The molecule has 1 amide bonds. The van der Waals surface area contributed by atoms with E-state index in [-0.39, 0.29) is 12.5 Å². The number of hydrogen-bond donors (Lipinski definition) is 3. The molecule has 0 spiro atoms. The van der Waals surface area contributed by atoms with E-state index in [0.29, 0.717) is 6.42 Å². The molecule has 4 nitrogen and oxygen atoms in total. The molecule has 3 N–H and O–H groups in total. The van der Waals surface area contributed by atoms with Gasteiger partial charge in [0, 0.05) is 6.42 Å². The first-order chi connectivity index (χ1) is 24.2. The van der Waals surface area contributed by atoms with Crippen LogP contribution in [0.15, 0.2) is 36.5 Å². The number of carbonyl (C=O) groups is 1. The molecule has 2 unspecified atom stereocenters. The standard InChI is InChI=1S/C45H85NO3/c1-3-5-7-9-11-13-14-15-16-17-18-19-20-21-22-23-24-25-26-27-28-29-30-31-32-33-35-37-39-41-45(49)46-43(42-47)44(48)40-38-36-34-12-10-8-6-4-2/h14-15,17-18,38,40,43-44,47-48H,3-13,16,19-37,39,41-42H2,1-2H3,(H,46,49)/b15-14-,18-17-,40-38+. The first kappa shape index (κ1) is 47.6. The summed E-state index contributed by atoms with van der Waals surface area (Å²) in [7, 11) is 0. The number of aliphatic hydroxyl groups is 2. The molecule has 2 atom stereocenters. The van der Waals surface area contributed by atoms with Crippen LogP contribution >= 0.6 is 0 Å². The lowest BCUT2D eigenvalue weighted by Crippen LogP contribution is -2.45. The highest BCUT2D eigenvalue weighted by atomic mass is 16.3.